The van der Waals surface area contributed by atoms with E-state index in [1.54, 1.807) is 11.3 Å². The van der Waals surface area contributed by atoms with E-state index in [-0.39, 0.29) is 5.91 Å². The third-order valence-electron chi connectivity index (χ3n) is 2.18. The van der Waals surface area contributed by atoms with Gasteiger partial charge in [0, 0.05) is 17.5 Å². The zero-order valence-corrected chi connectivity index (χ0v) is 9.88. The quantitative estimate of drug-likeness (QED) is 0.447. The van der Waals surface area contributed by atoms with Gasteiger partial charge in [0.2, 0.25) is 5.91 Å². The van der Waals surface area contributed by atoms with Gasteiger partial charge in [-0.25, -0.2) is 5.84 Å². The van der Waals surface area contributed by atoms with Crippen molar-refractivity contribution < 1.29 is 4.79 Å². The molecule has 1 heterocycles. The molecule has 0 saturated carbocycles. The van der Waals surface area contributed by atoms with Crippen LogP contribution in [0.2, 0.25) is 0 Å². The van der Waals surface area contributed by atoms with Gasteiger partial charge in [0.05, 0.1) is 6.54 Å². The van der Waals surface area contributed by atoms with Gasteiger partial charge >= 0.3 is 0 Å². The van der Waals surface area contributed by atoms with Gasteiger partial charge in [-0.3, -0.25) is 15.1 Å². The number of amides is 1. The zero-order chi connectivity index (χ0) is 11.3. The summed E-state index contributed by atoms with van der Waals surface area (Å²) in [5.74, 6) is 4.92. The summed E-state index contributed by atoms with van der Waals surface area (Å²) >= 11 is 1.70. The smallest absolute Gasteiger partial charge is 0.248 e. The normalized spacial score (nSPS) is 11.0. The van der Waals surface area contributed by atoms with Crippen LogP contribution in [-0.4, -0.2) is 23.4 Å². The molecule has 1 aromatic rings. The summed E-state index contributed by atoms with van der Waals surface area (Å²) in [6.07, 6.45) is 0. The Morgan fingerprint density at radius 3 is 2.87 bits per heavy atom. The number of carbonyl (C=O) groups is 1. The van der Waals surface area contributed by atoms with E-state index in [1.807, 2.05) is 11.4 Å². The summed E-state index contributed by atoms with van der Waals surface area (Å²) in [6.45, 7) is 5.27. The van der Waals surface area contributed by atoms with Crippen molar-refractivity contribution in [3.05, 3.63) is 22.4 Å². The third kappa shape index (κ3) is 3.99. The Morgan fingerprint density at radius 2 is 2.40 bits per heavy atom. The molecular formula is C10H17N3OS. The van der Waals surface area contributed by atoms with Crippen LogP contribution in [0.3, 0.4) is 0 Å². The lowest BCUT2D eigenvalue weighted by Crippen LogP contribution is -2.42. The van der Waals surface area contributed by atoms with E-state index >= 15 is 0 Å². The van der Waals surface area contributed by atoms with Gasteiger partial charge in [0.1, 0.15) is 0 Å². The van der Waals surface area contributed by atoms with Gasteiger partial charge in [-0.2, -0.15) is 0 Å². The second-order valence-corrected chi connectivity index (χ2v) is 4.68. The monoisotopic (exact) mass is 227 g/mol. The summed E-state index contributed by atoms with van der Waals surface area (Å²) in [4.78, 5) is 14.5. The Balaban J connectivity index is 2.55. The molecule has 0 aliphatic heterocycles. The van der Waals surface area contributed by atoms with E-state index in [4.69, 9.17) is 5.84 Å². The summed E-state index contributed by atoms with van der Waals surface area (Å²) in [5, 5.41) is 2.04. The number of hydrogen-bond donors (Lipinski definition) is 2. The summed E-state index contributed by atoms with van der Waals surface area (Å²) in [7, 11) is 0. The fourth-order valence-electron chi connectivity index (χ4n) is 1.25. The SMILES string of the molecule is CC(C)N(CC(=O)NN)Cc1cccs1. The molecule has 1 amide bonds. The maximum absolute atomic E-state index is 11.2. The predicted molar refractivity (Wildman–Crippen MR) is 62.2 cm³/mol. The van der Waals surface area contributed by atoms with Crippen LogP contribution < -0.4 is 11.3 Å². The van der Waals surface area contributed by atoms with Crippen molar-refractivity contribution in [2.45, 2.75) is 26.4 Å². The molecule has 4 nitrogen and oxygen atoms in total. The Bertz CT molecular complexity index is 298. The van der Waals surface area contributed by atoms with E-state index in [2.05, 4.69) is 30.2 Å². The minimum Gasteiger partial charge on any atom is -0.293 e. The van der Waals surface area contributed by atoms with Gasteiger partial charge < -0.3 is 0 Å². The summed E-state index contributed by atoms with van der Waals surface area (Å²) in [5.41, 5.74) is 2.15. The number of nitrogens with zero attached hydrogens (tertiary/aromatic N) is 1. The molecule has 1 rings (SSSR count). The van der Waals surface area contributed by atoms with Gasteiger partial charge in [-0.15, -0.1) is 11.3 Å². The first-order chi connectivity index (χ1) is 7.13. The topological polar surface area (TPSA) is 58.4 Å². The molecule has 0 bridgehead atoms. The molecule has 84 valence electrons. The van der Waals surface area contributed by atoms with Crippen LogP contribution in [0.5, 0.6) is 0 Å². The second kappa shape index (κ2) is 5.85. The van der Waals surface area contributed by atoms with Gasteiger partial charge in [0.25, 0.3) is 0 Å². The van der Waals surface area contributed by atoms with Gasteiger partial charge in [0.15, 0.2) is 0 Å². The summed E-state index contributed by atoms with van der Waals surface area (Å²) < 4.78 is 0. The van der Waals surface area contributed by atoms with Crippen molar-refractivity contribution in [1.82, 2.24) is 10.3 Å². The van der Waals surface area contributed by atoms with Crippen molar-refractivity contribution in [3.63, 3.8) is 0 Å². The largest absolute Gasteiger partial charge is 0.293 e. The molecule has 1 aromatic heterocycles. The highest BCUT2D eigenvalue weighted by Crippen LogP contribution is 2.13. The number of thiophene rings is 1. The number of nitrogens with two attached hydrogens (primary N) is 1. The molecule has 15 heavy (non-hydrogen) atoms. The minimum atomic E-state index is -0.153. The molecule has 3 N–H and O–H groups in total. The van der Waals surface area contributed by atoms with Crippen LogP contribution in [0, 0.1) is 0 Å². The fraction of sp³-hybridized carbons (Fsp3) is 0.500. The summed E-state index contributed by atoms with van der Waals surface area (Å²) in [6, 6.07) is 4.41. The highest BCUT2D eigenvalue weighted by molar-refractivity contribution is 7.09. The van der Waals surface area contributed by atoms with Crippen molar-refractivity contribution in [3.8, 4) is 0 Å². The lowest BCUT2D eigenvalue weighted by atomic mass is 10.3. The van der Waals surface area contributed by atoms with Crippen molar-refractivity contribution >= 4 is 17.2 Å². The van der Waals surface area contributed by atoms with Crippen LogP contribution >= 0.6 is 11.3 Å². The van der Waals surface area contributed by atoms with Gasteiger partial charge in [-0.1, -0.05) is 6.07 Å². The highest BCUT2D eigenvalue weighted by Gasteiger charge is 2.13. The number of rotatable bonds is 5. The number of hydrazine groups is 1. The Kier molecular flexibility index (Phi) is 4.74. The first-order valence-electron chi connectivity index (χ1n) is 4.89. The lowest BCUT2D eigenvalue weighted by Gasteiger charge is -2.24. The molecular weight excluding hydrogens is 210 g/mol. The van der Waals surface area contributed by atoms with E-state index < -0.39 is 0 Å². The van der Waals surface area contributed by atoms with E-state index in [0.717, 1.165) is 6.54 Å². The standard InChI is InChI=1S/C10H17N3OS/c1-8(2)13(7-10(14)12-11)6-9-4-3-5-15-9/h3-5,8H,6-7,11H2,1-2H3,(H,12,14). The predicted octanol–water partition coefficient (Wildman–Crippen LogP) is 0.948. The van der Waals surface area contributed by atoms with Crippen molar-refractivity contribution in [2.24, 2.45) is 5.84 Å². The maximum atomic E-state index is 11.2. The average Bonchev–Trinajstić information content (AvgIpc) is 2.69. The molecule has 0 atom stereocenters. The van der Waals surface area contributed by atoms with Gasteiger partial charge in [-0.05, 0) is 25.3 Å². The zero-order valence-electron chi connectivity index (χ0n) is 9.06. The Hall–Kier alpha value is -0.910. The third-order valence-corrected chi connectivity index (χ3v) is 3.04. The first kappa shape index (κ1) is 12.2. The molecule has 0 aromatic carbocycles. The Labute approximate surface area is 94.0 Å². The van der Waals surface area contributed by atoms with Crippen LogP contribution in [0.1, 0.15) is 18.7 Å². The van der Waals surface area contributed by atoms with Crippen molar-refractivity contribution in [1.29, 1.82) is 0 Å². The average molecular weight is 227 g/mol. The molecule has 0 aliphatic rings. The molecule has 5 heteroatoms. The molecule has 0 fully saturated rings. The highest BCUT2D eigenvalue weighted by atomic mass is 32.1. The fourth-order valence-corrected chi connectivity index (χ4v) is 1.98. The van der Waals surface area contributed by atoms with Crippen LogP contribution in [0.25, 0.3) is 0 Å². The van der Waals surface area contributed by atoms with E-state index in [1.165, 1.54) is 4.88 Å². The van der Waals surface area contributed by atoms with Crippen molar-refractivity contribution in [2.75, 3.05) is 6.54 Å². The molecule has 0 saturated heterocycles. The molecule has 0 unspecified atom stereocenters. The first-order valence-corrected chi connectivity index (χ1v) is 5.77. The molecule has 0 radical (unpaired) electrons. The van der Waals surface area contributed by atoms with E-state index in [0.29, 0.717) is 12.6 Å². The molecule has 0 aliphatic carbocycles. The minimum absolute atomic E-state index is 0.153. The second-order valence-electron chi connectivity index (χ2n) is 3.65. The van der Waals surface area contributed by atoms with Crippen LogP contribution in [0.4, 0.5) is 0 Å². The molecule has 0 spiro atoms. The maximum Gasteiger partial charge on any atom is 0.248 e. The van der Waals surface area contributed by atoms with Crippen LogP contribution in [-0.2, 0) is 11.3 Å². The number of nitrogens with one attached hydrogen (secondary N) is 1. The Morgan fingerprint density at radius 1 is 1.67 bits per heavy atom. The van der Waals surface area contributed by atoms with E-state index in [9.17, 15) is 4.79 Å². The number of hydrogen-bond acceptors (Lipinski definition) is 4. The number of carbonyl (C=O) groups excluding carboxylic acids is 1. The lowest BCUT2D eigenvalue weighted by molar-refractivity contribution is -0.122. The van der Waals surface area contributed by atoms with Crippen LogP contribution in [0.15, 0.2) is 17.5 Å².